The zero-order valence-electron chi connectivity index (χ0n) is 15.9. The Morgan fingerprint density at radius 1 is 1.03 bits per heavy atom. The Hall–Kier alpha value is -2.89. The summed E-state index contributed by atoms with van der Waals surface area (Å²) in [5.74, 6) is -1.24. The van der Waals surface area contributed by atoms with Gasteiger partial charge in [0.2, 0.25) is 0 Å². The molecule has 2 aromatic rings. The second-order valence-corrected chi connectivity index (χ2v) is 8.37. The predicted molar refractivity (Wildman–Crippen MR) is 104 cm³/mol. The number of carbonyl (C=O) groups is 2. The molecule has 2 aliphatic carbocycles. The molecule has 2 aromatic carbocycles. The topological polar surface area (TPSA) is 66.8 Å². The molecule has 0 bridgehead atoms. The van der Waals surface area contributed by atoms with Crippen molar-refractivity contribution in [3.63, 3.8) is 0 Å². The molecule has 29 heavy (non-hydrogen) atoms. The van der Waals surface area contributed by atoms with Crippen LogP contribution in [0.15, 0.2) is 48.5 Å². The van der Waals surface area contributed by atoms with E-state index < -0.39 is 23.1 Å². The highest BCUT2D eigenvalue weighted by atomic mass is 19.1. The predicted octanol–water partition coefficient (Wildman–Crippen LogP) is 4.21. The molecule has 1 heterocycles. The number of carboxylic acids is 1. The summed E-state index contributed by atoms with van der Waals surface area (Å²) in [5, 5.41) is 9.64. The summed E-state index contributed by atoms with van der Waals surface area (Å²) in [6.07, 6.45) is 0.318. The number of rotatable bonds is 3. The van der Waals surface area contributed by atoms with Gasteiger partial charge in [-0.3, -0.25) is 4.79 Å². The normalized spacial score (nSPS) is 27.4. The standard InChI is InChI=1S/C23H22FNO4/c24-23-11-5-10-22(23,20(26)27)13-25(14-23)21(28)29-12-19-17-8-3-1-6-15(17)16-7-2-4-9-18(16)19/h1-4,6-9,19H,5,10-14H2,(H,26,27)/t22-,23-/m1/s1. The molecule has 1 N–H and O–H groups in total. The summed E-state index contributed by atoms with van der Waals surface area (Å²) >= 11 is 0. The second-order valence-electron chi connectivity index (χ2n) is 8.37. The molecule has 1 amide bonds. The minimum Gasteiger partial charge on any atom is -0.481 e. The van der Waals surface area contributed by atoms with Crippen LogP contribution in [0.3, 0.4) is 0 Å². The van der Waals surface area contributed by atoms with Gasteiger partial charge in [0.15, 0.2) is 0 Å². The summed E-state index contributed by atoms with van der Waals surface area (Å²) in [4.78, 5) is 25.7. The van der Waals surface area contributed by atoms with Crippen LogP contribution in [0.1, 0.15) is 36.3 Å². The summed E-state index contributed by atoms with van der Waals surface area (Å²) in [6, 6.07) is 16.1. The van der Waals surface area contributed by atoms with E-state index in [4.69, 9.17) is 4.74 Å². The van der Waals surface area contributed by atoms with Crippen molar-refractivity contribution >= 4 is 12.1 Å². The quantitative estimate of drug-likeness (QED) is 0.845. The summed E-state index contributed by atoms with van der Waals surface area (Å²) in [6.45, 7) is -0.200. The van der Waals surface area contributed by atoms with Gasteiger partial charge in [0.25, 0.3) is 0 Å². The first kappa shape index (κ1) is 18.2. The molecular formula is C23H22FNO4. The van der Waals surface area contributed by atoms with E-state index in [1.54, 1.807) is 0 Å². The van der Waals surface area contributed by atoms with Crippen LogP contribution in [0.5, 0.6) is 0 Å². The van der Waals surface area contributed by atoms with Crippen molar-refractivity contribution in [1.29, 1.82) is 0 Å². The fourth-order valence-electron chi connectivity index (χ4n) is 5.45. The number of nitrogens with zero attached hydrogens (tertiary/aromatic N) is 1. The van der Waals surface area contributed by atoms with Crippen molar-refractivity contribution in [2.75, 3.05) is 19.7 Å². The Bertz CT molecular complexity index is 962. The highest BCUT2D eigenvalue weighted by Gasteiger charge is 2.67. The Morgan fingerprint density at radius 3 is 2.24 bits per heavy atom. The fourth-order valence-corrected chi connectivity index (χ4v) is 5.45. The number of halogens is 1. The molecule has 2 atom stereocenters. The van der Waals surface area contributed by atoms with Gasteiger partial charge in [-0.1, -0.05) is 48.5 Å². The molecule has 0 unspecified atom stereocenters. The number of fused-ring (bicyclic) bond motifs is 4. The van der Waals surface area contributed by atoms with E-state index in [0.29, 0.717) is 6.42 Å². The number of carbonyl (C=O) groups excluding carboxylic acids is 1. The number of amides is 1. The molecule has 1 saturated heterocycles. The Morgan fingerprint density at radius 2 is 1.66 bits per heavy atom. The average Bonchev–Trinajstić information content (AvgIpc) is 3.31. The smallest absolute Gasteiger partial charge is 0.409 e. The van der Waals surface area contributed by atoms with Gasteiger partial charge in [-0.15, -0.1) is 0 Å². The van der Waals surface area contributed by atoms with E-state index in [0.717, 1.165) is 22.3 Å². The van der Waals surface area contributed by atoms with E-state index in [9.17, 15) is 14.7 Å². The largest absolute Gasteiger partial charge is 0.481 e. The van der Waals surface area contributed by atoms with Crippen molar-refractivity contribution in [2.24, 2.45) is 5.41 Å². The first-order valence-electron chi connectivity index (χ1n) is 9.97. The van der Waals surface area contributed by atoms with Gasteiger partial charge in [0, 0.05) is 12.5 Å². The van der Waals surface area contributed by atoms with Crippen molar-refractivity contribution in [1.82, 2.24) is 4.90 Å². The van der Waals surface area contributed by atoms with Gasteiger partial charge in [-0.2, -0.15) is 0 Å². The Kier molecular flexibility index (Phi) is 3.95. The molecule has 150 valence electrons. The molecule has 1 aliphatic heterocycles. The maximum absolute atomic E-state index is 15.3. The van der Waals surface area contributed by atoms with Crippen LogP contribution in [0.2, 0.25) is 0 Å². The number of hydrogen-bond acceptors (Lipinski definition) is 3. The van der Waals surface area contributed by atoms with Crippen molar-refractivity contribution in [3.05, 3.63) is 59.7 Å². The van der Waals surface area contributed by atoms with E-state index in [1.807, 2.05) is 36.4 Å². The third-order valence-corrected chi connectivity index (χ3v) is 6.94. The third-order valence-electron chi connectivity index (χ3n) is 6.94. The fraction of sp³-hybridized carbons (Fsp3) is 0.391. The van der Waals surface area contributed by atoms with E-state index in [-0.39, 0.29) is 38.5 Å². The van der Waals surface area contributed by atoms with Gasteiger partial charge in [-0.05, 0) is 41.5 Å². The molecule has 5 nitrogen and oxygen atoms in total. The SMILES string of the molecule is O=C(OCC1c2ccccc2-c2ccccc21)N1C[C@]2(F)CCC[C@]2(C(=O)O)C1. The van der Waals surface area contributed by atoms with Gasteiger partial charge in [0.1, 0.15) is 17.7 Å². The molecule has 3 aliphatic rings. The first-order chi connectivity index (χ1) is 14.0. The zero-order valence-corrected chi connectivity index (χ0v) is 15.9. The zero-order chi connectivity index (χ0) is 20.2. The van der Waals surface area contributed by atoms with Gasteiger partial charge in [0.05, 0.1) is 6.54 Å². The van der Waals surface area contributed by atoms with Gasteiger partial charge >= 0.3 is 12.1 Å². The first-order valence-corrected chi connectivity index (χ1v) is 9.97. The van der Waals surface area contributed by atoms with Crippen LogP contribution in [0, 0.1) is 5.41 Å². The number of carboxylic acid groups (broad SMARTS) is 1. The Balaban J connectivity index is 1.34. The van der Waals surface area contributed by atoms with Crippen LogP contribution < -0.4 is 0 Å². The monoisotopic (exact) mass is 395 g/mol. The van der Waals surface area contributed by atoms with E-state index in [1.165, 1.54) is 4.90 Å². The lowest BCUT2D eigenvalue weighted by molar-refractivity contribution is -0.153. The van der Waals surface area contributed by atoms with Crippen LogP contribution >= 0.6 is 0 Å². The number of aliphatic carboxylic acids is 1. The minimum absolute atomic E-state index is 0.0822. The second kappa shape index (κ2) is 6.31. The summed E-state index contributed by atoms with van der Waals surface area (Å²) < 4.78 is 20.9. The molecule has 5 rings (SSSR count). The number of alkyl halides is 1. The minimum atomic E-state index is -1.87. The van der Waals surface area contributed by atoms with E-state index in [2.05, 4.69) is 12.1 Å². The summed E-state index contributed by atoms with van der Waals surface area (Å²) in [7, 11) is 0. The molecular weight excluding hydrogens is 373 g/mol. The highest BCUT2D eigenvalue weighted by Crippen LogP contribution is 2.54. The maximum Gasteiger partial charge on any atom is 0.409 e. The lowest BCUT2D eigenvalue weighted by Crippen LogP contribution is -2.45. The lowest BCUT2D eigenvalue weighted by atomic mass is 9.78. The number of benzene rings is 2. The molecule has 0 spiro atoms. The number of hydrogen-bond donors (Lipinski definition) is 1. The summed E-state index contributed by atoms with van der Waals surface area (Å²) in [5.41, 5.74) is 1.09. The molecule has 1 saturated carbocycles. The highest BCUT2D eigenvalue weighted by molar-refractivity contribution is 5.81. The van der Waals surface area contributed by atoms with Crippen molar-refractivity contribution in [3.8, 4) is 11.1 Å². The molecule has 0 radical (unpaired) electrons. The van der Waals surface area contributed by atoms with Crippen LogP contribution in [0.4, 0.5) is 9.18 Å². The molecule has 0 aromatic heterocycles. The van der Waals surface area contributed by atoms with Gasteiger partial charge in [-0.25, -0.2) is 9.18 Å². The lowest BCUT2D eigenvalue weighted by Gasteiger charge is -2.27. The van der Waals surface area contributed by atoms with Crippen LogP contribution in [-0.2, 0) is 9.53 Å². The molecule has 2 fully saturated rings. The maximum atomic E-state index is 15.3. The van der Waals surface area contributed by atoms with Crippen molar-refractivity contribution in [2.45, 2.75) is 30.8 Å². The van der Waals surface area contributed by atoms with E-state index >= 15 is 4.39 Å². The van der Waals surface area contributed by atoms with Crippen LogP contribution in [0.25, 0.3) is 11.1 Å². The van der Waals surface area contributed by atoms with Gasteiger partial charge < -0.3 is 14.7 Å². The Labute approximate surface area is 168 Å². The van der Waals surface area contributed by atoms with Crippen LogP contribution in [-0.4, -0.2) is 47.4 Å². The average molecular weight is 395 g/mol. The molecule has 6 heteroatoms. The van der Waals surface area contributed by atoms with Crippen molar-refractivity contribution < 1.29 is 23.8 Å². The third kappa shape index (κ3) is 2.51. The number of ether oxygens (including phenoxy) is 1. The number of likely N-dealkylation sites (tertiary alicyclic amines) is 1.